The summed E-state index contributed by atoms with van der Waals surface area (Å²) in [5.74, 6) is 1.04. The van der Waals surface area contributed by atoms with E-state index in [0.29, 0.717) is 6.04 Å². The molecule has 0 saturated heterocycles. The molecule has 19 heavy (non-hydrogen) atoms. The Kier molecular flexibility index (Phi) is 4.77. The maximum Gasteiger partial charge on any atom is 0.157 e. The van der Waals surface area contributed by atoms with Crippen molar-refractivity contribution in [3.63, 3.8) is 0 Å². The molecule has 0 amide bonds. The second kappa shape index (κ2) is 6.55. The van der Waals surface area contributed by atoms with Crippen LogP contribution in [0.5, 0.6) is 0 Å². The fourth-order valence-electron chi connectivity index (χ4n) is 2.36. The van der Waals surface area contributed by atoms with Crippen LogP contribution in [0.25, 0.3) is 5.65 Å². The summed E-state index contributed by atoms with van der Waals surface area (Å²) in [6.07, 6.45) is 8.04. The van der Waals surface area contributed by atoms with Crippen molar-refractivity contribution in [2.75, 3.05) is 5.32 Å². The number of aromatic nitrogens is 3. The van der Waals surface area contributed by atoms with Crippen molar-refractivity contribution in [1.29, 1.82) is 0 Å². The molecule has 1 atom stereocenters. The molecule has 0 bridgehead atoms. The van der Waals surface area contributed by atoms with Gasteiger partial charge in [0.2, 0.25) is 0 Å². The highest BCUT2D eigenvalue weighted by Crippen LogP contribution is 2.16. The molecule has 0 spiro atoms. The first kappa shape index (κ1) is 13.8. The number of fused-ring (bicyclic) bond motifs is 1. The summed E-state index contributed by atoms with van der Waals surface area (Å²) in [6, 6.07) is 4.64. The van der Waals surface area contributed by atoms with E-state index in [0.717, 1.165) is 11.5 Å². The predicted octanol–water partition coefficient (Wildman–Crippen LogP) is 3.81. The molecule has 1 N–H and O–H groups in total. The summed E-state index contributed by atoms with van der Waals surface area (Å²) in [5.41, 5.74) is 2.11. The Balaban J connectivity index is 1.98. The van der Waals surface area contributed by atoms with Crippen LogP contribution >= 0.6 is 0 Å². The number of hydrogen-bond donors (Lipinski definition) is 1. The molecular weight excluding hydrogens is 236 g/mol. The molecule has 0 fully saturated rings. The van der Waals surface area contributed by atoms with Crippen molar-refractivity contribution >= 4 is 11.5 Å². The van der Waals surface area contributed by atoms with Gasteiger partial charge >= 0.3 is 0 Å². The number of aryl methyl sites for hydroxylation is 1. The third-order valence-corrected chi connectivity index (χ3v) is 3.41. The van der Waals surface area contributed by atoms with Gasteiger partial charge in [0.25, 0.3) is 0 Å². The van der Waals surface area contributed by atoms with Crippen LogP contribution in [-0.4, -0.2) is 20.6 Å². The number of unbranched alkanes of at least 4 members (excludes halogenated alkanes) is 3. The lowest BCUT2D eigenvalue weighted by Crippen LogP contribution is -2.17. The van der Waals surface area contributed by atoms with Crippen LogP contribution in [0.4, 0.5) is 5.82 Å². The Morgan fingerprint density at radius 3 is 2.89 bits per heavy atom. The summed E-state index contributed by atoms with van der Waals surface area (Å²) in [5, 5.41) is 7.81. The van der Waals surface area contributed by atoms with E-state index < -0.39 is 0 Å². The van der Waals surface area contributed by atoms with Gasteiger partial charge in [-0.2, -0.15) is 9.61 Å². The molecule has 2 rings (SSSR count). The first-order valence-corrected chi connectivity index (χ1v) is 7.27. The third-order valence-electron chi connectivity index (χ3n) is 3.41. The van der Waals surface area contributed by atoms with Crippen LogP contribution in [0.3, 0.4) is 0 Å². The second-order valence-corrected chi connectivity index (χ2v) is 5.34. The van der Waals surface area contributed by atoms with E-state index in [1.54, 1.807) is 6.33 Å². The zero-order valence-electron chi connectivity index (χ0n) is 12.2. The zero-order chi connectivity index (χ0) is 13.7. The van der Waals surface area contributed by atoms with Gasteiger partial charge in [0, 0.05) is 6.04 Å². The molecule has 0 saturated carbocycles. The Morgan fingerprint density at radius 1 is 1.26 bits per heavy atom. The smallest absolute Gasteiger partial charge is 0.157 e. The molecule has 104 valence electrons. The molecule has 2 aromatic heterocycles. The van der Waals surface area contributed by atoms with E-state index in [4.69, 9.17) is 0 Å². The lowest BCUT2D eigenvalue weighted by molar-refractivity contribution is 0.592. The number of nitrogens with zero attached hydrogens (tertiary/aromatic N) is 3. The van der Waals surface area contributed by atoms with Gasteiger partial charge in [-0.25, -0.2) is 4.98 Å². The summed E-state index contributed by atoms with van der Waals surface area (Å²) in [4.78, 5) is 4.25. The number of nitrogens with one attached hydrogen (secondary N) is 1. The van der Waals surface area contributed by atoms with E-state index >= 15 is 0 Å². The highest BCUT2D eigenvalue weighted by molar-refractivity contribution is 5.51. The predicted molar refractivity (Wildman–Crippen MR) is 79.6 cm³/mol. The molecule has 4 nitrogen and oxygen atoms in total. The summed E-state index contributed by atoms with van der Waals surface area (Å²) in [6.45, 7) is 6.57. The van der Waals surface area contributed by atoms with Crippen molar-refractivity contribution in [1.82, 2.24) is 14.6 Å². The molecule has 0 aromatic carbocycles. The van der Waals surface area contributed by atoms with Crippen molar-refractivity contribution in [2.45, 2.75) is 58.9 Å². The van der Waals surface area contributed by atoms with Crippen LogP contribution in [0.15, 0.2) is 18.5 Å². The quantitative estimate of drug-likeness (QED) is 0.770. The average molecular weight is 260 g/mol. The van der Waals surface area contributed by atoms with Crippen LogP contribution in [0, 0.1) is 6.92 Å². The van der Waals surface area contributed by atoms with Gasteiger partial charge in [-0.3, -0.25) is 0 Å². The molecule has 0 radical (unpaired) electrons. The number of hydrogen-bond acceptors (Lipinski definition) is 3. The van der Waals surface area contributed by atoms with Gasteiger partial charge in [0.05, 0.1) is 0 Å². The molecule has 2 heterocycles. The molecule has 0 aliphatic heterocycles. The van der Waals surface area contributed by atoms with Crippen molar-refractivity contribution in [3.05, 3.63) is 24.0 Å². The Morgan fingerprint density at radius 2 is 2.11 bits per heavy atom. The minimum atomic E-state index is 0.464. The van der Waals surface area contributed by atoms with Gasteiger partial charge in [0.15, 0.2) is 5.65 Å². The van der Waals surface area contributed by atoms with Crippen LogP contribution in [0.2, 0.25) is 0 Å². The normalized spacial score (nSPS) is 12.8. The van der Waals surface area contributed by atoms with E-state index in [1.165, 1.54) is 37.7 Å². The lowest BCUT2D eigenvalue weighted by atomic mass is 10.1. The third kappa shape index (κ3) is 3.69. The number of rotatable bonds is 7. The first-order valence-electron chi connectivity index (χ1n) is 7.27. The van der Waals surface area contributed by atoms with E-state index in [9.17, 15) is 0 Å². The molecule has 0 aliphatic rings. The fourth-order valence-corrected chi connectivity index (χ4v) is 2.36. The van der Waals surface area contributed by atoms with Crippen LogP contribution in [0.1, 0.15) is 51.5 Å². The molecular formula is C15H24N4. The monoisotopic (exact) mass is 260 g/mol. The van der Waals surface area contributed by atoms with E-state index in [2.05, 4.69) is 42.2 Å². The Hall–Kier alpha value is -1.58. The summed E-state index contributed by atoms with van der Waals surface area (Å²) in [7, 11) is 0. The SMILES string of the molecule is CCCCCCC(C)Nc1cc(C)cc2ncnn12. The zero-order valence-corrected chi connectivity index (χ0v) is 12.2. The standard InChI is InChI=1S/C15H24N4/c1-4-5-6-7-8-13(3)18-15-10-12(2)9-14-16-11-17-19(14)15/h9-11,13,18H,4-8H2,1-3H3. The highest BCUT2D eigenvalue weighted by atomic mass is 15.3. The molecule has 1 unspecified atom stereocenters. The Bertz CT molecular complexity index is 518. The van der Waals surface area contributed by atoms with Gasteiger partial charge in [0.1, 0.15) is 12.1 Å². The van der Waals surface area contributed by atoms with Crippen molar-refractivity contribution in [3.8, 4) is 0 Å². The summed E-state index contributed by atoms with van der Waals surface area (Å²) >= 11 is 0. The van der Waals surface area contributed by atoms with Crippen molar-refractivity contribution < 1.29 is 0 Å². The van der Waals surface area contributed by atoms with Crippen LogP contribution < -0.4 is 5.32 Å². The molecule has 2 aromatic rings. The largest absolute Gasteiger partial charge is 0.367 e. The maximum absolute atomic E-state index is 4.27. The average Bonchev–Trinajstić information content (AvgIpc) is 2.82. The maximum atomic E-state index is 4.27. The Labute approximate surface area is 115 Å². The fraction of sp³-hybridized carbons (Fsp3) is 0.600. The van der Waals surface area contributed by atoms with Gasteiger partial charge in [-0.15, -0.1) is 0 Å². The number of anilines is 1. The van der Waals surface area contributed by atoms with E-state index in [-0.39, 0.29) is 0 Å². The van der Waals surface area contributed by atoms with Gasteiger partial charge < -0.3 is 5.32 Å². The second-order valence-electron chi connectivity index (χ2n) is 5.34. The minimum Gasteiger partial charge on any atom is -0.367 e. The molecule has 0 aliphatic carbocycles. The first-order chi connectivity index (χ1) is 9.20. The number of pyridine rings is 1. The van der Waals surface area contributed by atoms with Crippen LogP contribution in [-0.2, 0) is 0 Å². The topological polar surface area (TPSA) is 42.2 Å². The van der Waals surface area contributed by atoms with Crippen molar-refractivity contribution in [2.24, 2.45) is 0 Å². The summed E-state index contributed by atoms with van der Waals surface area (Å²) < 4.78 is 1.87. The molecule has 4 heteroatoms. The van der Waals surface area contributed by atoms with Gasteiger partial charge in [-0.1, -0.05) is 32.6 Å². The highest BCUT2D eigenvalue weighted by Gasteiger charge is 2.07. The minimum absolute atomic E-state index is 0.464. The lowest BCUT2D eigenvalue weighted by Gasteiger charge is -2.16. The van der Waals surface area contributed by atoms with E-state index in [1.807, 2.05) is 10.6 Å². The van der Waals surface area contributed by atoms with Gasteiger partial charge in [-0.05, 0) is 38.0 Å².